The average Bonchev–Trinajstić information content (AvgIpc) is 2.76. The van der Waals surface area contributed by atoms with Crippen molar-refractivity contribution in [3.8, 4) is 16.9 Å². The smallest absolute Gasteiger partial charge is 0.431 e. The number of carbonyl (C=O) groups is 2. The molecule has 3 rings (SSSR count). The Hall–Kier alpha value is -4.08. The highest BCUT2D eigenvalue weighted by atomic mass is 19.4. The molecule has 7 nitrogen and oxygen atoms in total. The summed E-state index contributed by atoms with van der Waals surface area (Å²) in [5.74, 6) is -0.921. The Morgan fingerprint density at radius 2 is 1.73 bits per heavy atom. The van der Waals surface area contributed by atoms with Crippen molar-refractivity contribution in [2.45, 2.75) is 12.8 Å². The van der Waals surface area contributed by atoms with E-state index >= 15 is 0 Å². The van der Waals surface area contributed by atoms with E-state index in [4.69, 9.17) is 10.5 Å². The van der Waals surface area contributed by atoms with Crippen molar-refractivity contribution >= 4 is 11.8 Å². The molecule has 1 heterocycles. The molecule has 0 unspecified atom stereocenters. The Morgan fingerprint density at radius 1 is 1.06 bits per heavy atom. The Kier molecular flexibility index (Phi) is 6.57. The number of amides is 2. The van der Waals surface area contributed by atoms with Gasteiger partial charge in [0.2, 0.25) is 0 Å². The SMILES string of the molecule is CN(C)C(=O)c1cccc(COc2ccc(-c3cc(C(N)=O)c(=O)[nH]c3C(F)(F)F)cc2)c1. The van der Waals surface area contributed by atoms with Crippen LogP contribution in [0, 0.1) is 0 Å². The van der Waals surface area contributed by atoms with Crippen LogP contribution in [0.4, 0.5) is 13.2 Å². The van der Waals surface area contributed by atoms with E-state index in [1.54, 1.807) is 43.3 Å². The van der Waals surface area contributed by atoms with Gasteiger partial charge in [-0.05, 0) is 41.5 Å². The molecule has 0 spiro atoms. The number of benzene rings is 2. The molecule has 0 radical (unpaired) electrons. The predicted octanol–water partition coefficient (Wildman–Crippen LogP) is 3.44. The number of nitrogens with one attached hydrogen (secondary N) is 1. The fourth-order valence-electron chi connectivity index (χ4n) is 3.11. The number of halogens is 3. The maximum atomic E-state index is 13.4. The highest BCUT2D eigenvalue weighted by molar-refractivity contribution is 5.94. The van der Waals surface area contributed by atoms with Crippen molar-refractivity contribution in [2.24, 2.45) is 5.73 Å². The number of nitrogens with zero attached hydrogens (tertiary/aromatic N) is 1. The van der Waals surface area contributed by atoms with Crippen LogP contribution in [-0.2, 0) is 12.8 Å². The van der Waals surface area contributed by atoms with E-state index in [-0.39, 0.29) is 18.1 Å². The number of hydrogen-bond acceptors (Lipinski definition) is 4. The minimum atomic E-state index is -4.85. The van der Waals surface area contributed by atoms with Crippen molar-refractivity contribution in [1.29, 1.82) is 0 Å². The van der Waals surface area contributed by atoms with E-state index in [2.05, 4.69) is 0 Å². The second-order valence-electron chi connectivity index (χ2n) is 7.38. The van der Waals surface area contributed by atoms with Crippen LogP contribution in [-0.4, -0.2) is 35.8 Å². The van der Waals surface area contributed by atoms with Gasteiger partial charge >= 0.3 is 6.18 Å². The first-order chi connectivity index (χ1) is 15.5. The molecule has 1 aromatic heterocycles. The van der Waals surface area contributed by atoms with Gasteiger partial charge in [0, 0.05) is 25.2 Å². The number of ether oxygens (including phenoxy) is 1. The highest BCUT2D eigenvalue weighted by Gasteiger charge is 2.36. The molecule has 0 aliphatic rings. The van der Waals surface area contributed by atoms with Crippen LogP contribution in [0.25, 0.3) is 11.1 Å². The summed E-state index contributed by atoms with van der Waals surface area (Å²) in [6.07, 6.45) is -4.85. The molecule has 3 N–H and O–H groups in total. The molecular formula is C23H20F3N3O4. The lowest BCUT2D eigenvalue weighted by Crippen LogP contribution is -2.27. The maximum Gasteiger partial charge on any atom is 0.431 e. The molecule has 0 aliphatic carbocycles. The van der Waals surface area contributed by atoms with E-state index in [0.717, 1.165) is 11.6 Å². The van der Waals surface area contributed by atoms with Crippen molar-refractivity contribution in [1.82, 2.24) is 9.88 Å². The Bertz CT molecular complexity index is 1250. The number of aromatic amines is 1. The molecule has 10 heteroatoms. The molecule has 33 heavy (non-hydrogen) atoms. The number of carbonyl (C=O) groups excluding carboxylic acids is 2. The second kappa shape index (κ2) is 9.19. The number of hydrogen-bond donors (Lipinski definition) is 2. The number of primary amides is 1. The minimum Gasteiger partial charge on any atom is -0.489 e. The predicted molar refractivity (Wildman–Crippen MR) is 115 cm³/mol. The molecule has 0 aliphatic heterocycles. The number of aromatic nitrogens is 1. The fourth-order valence-corrected chi connectivity index (χ4v) is 3.11. The Balaban J connectivity index is 1.85. The van der Waals surface area contributed by atoms with Crippen molar-refractivity contribution < 1.29 is 27.5 Å². The summed E-state index contributed by atoms with van der Waals surface area (Å²) in [4.78, 5) is 38.4. The monoisotopic (exact) mass is 459 g/mol. The molecule has 0 bridgehead atoms. The van der Waals surface area contributed by atoms with Gasteiger partial charge in [0.1, 0.15) is 23.6 Å². The van der Waals surface area contributed by atoms with Gasteiger partial charge in [-0.15, -0.1) is 0 Å². The largest absolute Gasteiger partial charge is 0.489 e. The summed E-state index contributed by atoms with van der Waals surface area (Å²) in [5.41, 5.74) is 2.97. The summed E-state index contributed by atoms with van der Waals surface area (Å²) in [6, 6.07) is 13.4. The quantitative estimate of drug-likeness (QED) is 0.589. The molecule has 0 atom stereocenters. The van der Waals surface area contributed by atoms with Gasteiger partial charge in [-0.2, -0.15) is 13.2 Å². The van der Waals surface area contributed by atoms with Gasteiger partial charge in [0.25, 0.3) is 17.4 Å². The van der Waals surface area contributed by atoms with Gasteiger partial charge in [0.15, 0.2) is 0 Å². The normalized spacial score (nSPS) is 11.2. The first-order valence-electron chi connectivity index (χ1n) is 9.65. The number of nitrogens with two attached hydrogens (primary N) is 1. The van der Waals surface area contributed by atoms with Crippen LogP contribution in [0.5, 0.6) is 5.75 Å². The maximum absolute atomic E-state index is 13.4. The van der Waals surface area contributed by atoms with E-state index in [0.29, 0.717) is 11.3 Å². The number of rotatable bonds is 6. The first kappa shape index (κ1) is 23.6. The van der Waals surface area contributed by atoms with Gasteiger partial charge in [-0.1, -0.05) is 24.3 Å². The average molecular weight is 459 g/mol. The van der Waals surface area contributed by atoms with Gasteiger partial charge in [0.05, 0.1) is 0 Å². The zero-order chi connectivity index (χ0) is 24.3. The molecule has 172 valence electrons. The molecule has 2 amide bonds. The second-order valence-corrected chi connectivity index (χ2v) is 7.38. The Morgan fingerprint density at radius 3 is 2.30 bits per heavy atom. The highest BCUT2D eigenvalue weighted by Crippen LogP contribution is 2.35. The zero-order valence-electron chi connectivity index (χ0n) is 17.7. The van der Waals surface area contributed by atoms with E-state index in [1.165, 1.54) is 29.2 Å². The molecule has 0 saturated heterocycles. The van der Waals surface area contributed by atoms with Crippen LogP contribution in [0.2, 0.25) is 0 Å². The lowest BCUT2D eigenvalue weighted by molar-refractivity contribution is -0.140. The topological polar surface area (TPSA) is 105 Å². The van der Waals surface area contributed by atoms with Crippen molar-refractivity contribution in [2.75, 3.05) is 14.1 Å². The third-order valence-corrected chi connectivity index (χ3v) is 4.74. The number of alkyl halides is 3. The lowest BCUT2D eigenvalue weighted by atomic mass is 10.0. The van der Waals surface area contributed by atoms with Crippen molar-refractivity contribution in [3.05, 3.63) is 87.3 Å². The molecule has 0 fully saturated rings. The number of pyridine rings is 1. The lowest BCUT2D eigenvalue weighted by Gasteiger charge is -2.14. The van der Waals surface area contributed by atoms with Crippen LogP contribution in [0.15, 0.2) is 59.4 Å². The summed E-state index contributed by atoms with van der Waals surface area (Å²) in [5, 5.41) is 0. The standard InChI is InChI=1S/C23H20F3N3O4/c1-29(2)22(32)15-5-3-4-13(10-15)12-33-16-8-6-14(7-9-16)17-11-18(20(27)30)21(31)28-19(17)23(24,25)26/h3-11H,12H2,1-2H3,(H2,27,30)(H,28,31). The van der Waals surface area contributed by atoms with Crippen LogP contribution >= 0.6 is 0 Å². The molecule has 0 saturated carbocycles. The summed E-state index contributed by atoms with van der Waals surface area (Å²) in [7, 11) is 3.29. The van der Waals surface area contributed by atoms with Gasteiger partial charge in [-0.25, -0.2) is 0 Å². The Labute approximate surface area is 186 Å². The molecule has 3 aromatic rings. The minimum absolute atomic E-state index is 0.104. The van der Waals surface area contributed by atoms with E-state index in [9.17, 15) is 27.6 Å². The van der Waals surface area contributed by atoms with E-state index < -0.39 is 34.5 Å². The third-order valence-electron chi connectivity index (χ3n) is 4.74. The van der Waals surface area contributed by atoms with E-state index in [1.807, 2.05) is 0 Å². The summed E-state index contributed by atoms with van der Waals surface area (Å²) in [6.45, 7) is 0.131. The van der Waals surface area contributed by atoms with Crippen LogP contribution in [0.1, 0.15) is 32.0 Å². The fraction of sp³-hybridized carbons (Fsp3) is 0.174. The summed E-state index contributed by atoms with van der Waals surface area (Å²) >= 11 is 0. The van der Waals surface area contributed by atoms with Crippen LogP contribution < -0.4 is 16.0 Å². The first-order valence-corrected chi connectivity index (χ1v) is 9.65. The number of H-pyrrole nitrogens is 1. The van der Waals surface area contributed by atoms with Gasteiger partial charge < -0.3 is 20.4 Å². The van der Waals surface area contributed by atoms with Gasteiger partial charge in [-0.3, -0.25) is 14.4 Å². The zero-order valence-corrected chi connectivity index (χ0v) is 17.7. The van der Waals surface area contributed by atoms with Crippen molar-refractivity contribution in [3.63, 3.8) is 0 Å². The molecule has 2 aromatic carbocycles. The van der Waals surface area contributed by atoms with Crippen LogP contribution in [0.3, 0.4) is 0 Å². The molecular weight excluding hydrogens is 439 g/mol. The summed E-state index contributed by atoms with van der Waals surface area (Å²) < 4.78 is 46.0. The third kappa shape index (κ3) is 5.40.